The maximum Gasteiger partial charge on any atom is 0.203 e. The molecule has 1 saturated heterocycles. The van der Waals surface area contributed by atoms with E-state index in [2.05, 4.69) is 5.32 Å². The Balaban J connectivity index is 1.69. The molecule has 1 aromatic rings. The maximum absolute atomic E-state index is 5.64. The molecule has 0 saturated carbocycles. The third kappa shape index (κ3) is 2.99. The summed E-state index contributed by atoms with van der Waals surface area (Å²) in [5, 5.41) is 3.52. The Kier molecular flexibility index (Phi) is 4.28. The highest BCUT2D eigenvalue weighted by Gasteiger charge is 2.19. The zero-order valence-electron chi connectivity index (χ0n) is 11.8. The lowest BCUT2D eigenvalue weighted by Gasteiger charge is -2.24. The second kappa shape index (κ2) is 6.33. The number of benzene rings is 1. The van der Waals surface area contributed by atoms with Crippen LogP contribution < -0.4 is 19.5 Å². The van der Waals surface area contributed by atoms with Crippen molar-refractivity contribution in [1.29, 1.82) is 0 Å². The number of hydrogen-bond donors (Lipinski definition) is 1. The van der Waals surface area contributed by atoms with Crippen LogP contribution in [-0.2, 0) is 11.3 Å². The zero-order chi connectivity index (χ0) is 13.8. The average molecular weight is 279 g/mol. The predicted molar refractivity (Wildman–Crippen MR) is 74.7 cm³/mol. The SMILES string of the molecule is COc1cc(CN[C@@H]2CCCOC2)cc2c1OCCO2. The highest BCUT2D eigenvalue weighted by molar-refractivity contribution is 5.54. The summed E-state index contributed by atoms with van der Waals surface area (Å²) in [5.41, 5.74) is 1.14. The molecule has 5 heteroatoms. The van der Waals surface area contributed by atoms with Gasteiger partial charge in [0.1, 0.15) is 13.2 Å². The number of hydrogen-bond acceptors (Lipinski definition) is 5. The second-order valence-electron chi connectivity index (χ2n) is 5.12. The first-order chi connectivity index (χ1) is 9.86. The van der Waals surface area contributed by atoms with E-state index in [4.69, 9.17) is 18.9 Å². The highest BCUT2D eigenvalue weighted by Crippen LogP contribution is 2.40. The van der Waals surface area contributed by atoms with Gasteiger partial charge in [-0.1, -0.05) is 0 Å². The molecule has 1 N–H and O–H groups in total. The molecule has 110 valence electrons. The Bertz CT molecular complexity index is 440. The summed E-state index contributed by atoms with van der Waals surface area (Å²) in [4.78, 5) is 0. The van der Waals surface area contributed by atoms with E-state index in [9.17, 15) is 0 Å². The summed E-state index contributed by atoms with van der Waals surface area (Å²) in [6.07, 6.45) is 2.30. The minimum atomic E-state index is 0.433. The molecule has 2 heterocycles. The summed E-state index contributed by atoms with van der Waals surface area (Å²) >= 11 is 0. The largest absolute Gasteiger partial charge is 0.493 e. The molecular formula is C15H21NO4. The summed E-state index contributed by atoms with van der Waals surface area (Å²) in [6, 6.07) is 4.46. The van der Waals surface area contributed by atoms with Crippen molar-refractivity contribution in [3.8, 4) is 17.2 Å². The molecular weight excluding hydrogens is 258 g/mol. The Morgan fingerprint density at radius 3 is 2.95 bits per heavy atom. The molecule has 1 atom stereocenters. The molecule has 2 aliphatic rings. The van der Waals surface area contributed by atoms with Gasteiger partial charge in [0.2, 0.25) is 5.75 Å². The Labute approximate surface area is 119 Å². The van der Waals surface area contributed by atoms with Gasteiger partial charge in [0.25, 0.3) is 0 Å². The quantitative estimate of drug-likeness (QED) is 0.909. The van der Waals surface area contributed by atoms with Crippen molar-refractivity contribution in [3.63, 3.8) is 0 Å². The Hall–Kier alpha value is -1.46. The van der Waals surface area contributed by atoms with E-state index in [1.165, 1.54) is 6.42 Å². The molecule has 0 bridgehead atoms. The van der Waals surface area contributed by atoms with Crippen LogP contribution in [0, 0.1) is 0 Å². The smallest absolute Gasteiger partial charge is 0.203 e. The van der Waals surface area contributed by atoms with Crippen molar-refractivity contribution in [1.82, 2.24) is 5.32 Å². The lowest BCUT2D eigenvalue weighted by Crippen LogP contribution is -2.36. The van der Waals surface area contributed by atoms with Gasteiger partial charge in [0, 0.05) is 19.2 Å². The molecule has 1 fully saturated rings. The van der Waals surface area contributed by atoms with E-state index >= 15 is 0 Å². The van der Waals surface area contributed by atoms with Crippen LogP contribution in [-0.4, -0.2) is 39.6 Å². The van der Waals surface area contributed by atoms with Crippen LogP contribution in [0.3, 0.4) is 0 Å². The van der Waals surface area contributed by atoms with Gasteiger partial charge >= 0.3 is 0 Å². The summed E-state index contributed by atoms with van der Waals surface area (Å²) in [5.74, 6) is 2.22. The fourth-order valence-electron chi connectivity index (χ4n) is 2.59. The van der Waals surface area contributed by atoms with Gasteiger partial charge in [-0.25, -0.2) is 0 Å². The molecule has 2 aliphatic heterocycles. The molecule has 5 nitrogen and oxygen atoms in total. The van der Waals surface area contributed by atoms with Crippen molar-refractivity contribution in [2.24, 2.45) is 0 Å². The molecule has 0 aromatic heterocycles. The van der Waals surface area contributed by atoms with E-state index in [1.807, 2.05) is 12.1 Å². The number of nitrogens with one attached hydrogen (secondary N) is 1. The van der Waals surface area contributed by atoms with Gasteiger partial charge in [-0.05, 0) is 30.5 Å². The maximum atomic E-state index is 5.64. The highest BCUT2D eigenvalue weighted by atomic mass is 16.6. The van der Waals surface area contributed by atoms with Crippen molar-refractivity contribution in [2.45, 2.75) is 25.4 Å². The average Bonchev–Trinajstić information content (AvgIpc) is 2.53. The number of fused-ring (bicyclic) bond motifs is 1. The van der Waals surface area contributed by atoms with Gasteiger partial charge in [-0.3, -0.25) is 0 Å². The molecule has 0 aliphatic carbocycles. The number of methoxy groups -OCH3 is 1. The van der Waals surface area contributed by atoms with Crippen molar-refractivity contribution >= 4 is 0 Å². The fraction of sp³-hybridized carbons (Fsp3) is 0.600. The van der Waals surface area contributed by atoms with Crippen LogP contribution in [0.1, 0.15) is 18.4 Å². The van der Waals surface area contributed by atoms with Gasteiger partial charge in [-0.15, -0.1) is 0 Å². The Morgan fingerprint density at radius 2 is 2.15 bits per heavy atom. The molecule has 0 amide bonds. The summed E-state index contributed by atoms with van der Waals surface area (Å²) in [6.45, 7) is 3.61. The number of ether oxygens (including phenoxy) is 4. The first-order valence-electron chi connectivity index (χ1n) is 7.14. The van der Waals surface area contributed by atoms with Gasteiger partial charge in [0.15, 0.2) is 11.5 Å². The first kappa shape index (κ1) is 13.5. The molecule has 0 unspecified atom stereocenters. The second-order valence-corrected chi connectivity index (χ2v) is 5.12. The minimum absolute atomic E-state index is 0.433. The van der Waals surface area contributed by atoms with E-state index in [0.29, 0.717) is 25.0 Å². The normalized spacial score (nSPS) is 21.6. The summed E-state index contributed by atoms with van der Waals surface area (Å²) in [7, 11) is 1.65. The van der Waals surface area contributed by atoms with E-state index in [0.717, 1.165) is 43.2 Å². The van der Waals surface area contributed by atoms with Gasteiger partial charge in [0.05, 0.1) is 13.7 Å². The minimum Gasteiger partial charge on any atom is -0.493 e. The van der Waals surface area contributed by atoms with Gasteiger partial charge < -0.3 is 24.3 Å². The van der Waals surface area contributed by atoms with E-state index in [-0.39, 0.29) is 0 Å². The van der Waals surface area contributed by atoms with Crippen molar-refractivity contribution in [3.05, 3.63) is 17.7 Å². The molecule has 1 aromatic carbocycles. The third-order valence-corrected chi connectivity index (χ3v) is 3.64. The van der Waals surface area contributed by atoms with Crippen LogP contribution in [0.2, 0.25) is 0 Å². The molecule has 0 radical (unpaired) electrons. The zero-order valence-corrected chi connectivity index (χ0v) is 11.8. The monoisotopic (exact) mass is 279 g/mol. The van der Waals surface area contributed by atoms with Crippen LogP contribution in [0.4, 0.5) is 0 Å². The standard InChI is InChI=1S/C15H21NO4/c1-17-13-7-11(8-14-15(13)20-6-5-19-14)9-16-12-3-2-4-18-10-12/h7-8,12,16H,2-6,9-10H2,1H3/t12-/m1/s1. The van der Waals surface area contributed by atoms with Crippen LogP contribution in [0.15, 0.2) is 12.1 Å². The molecule has 20 heavy (non-hydrogen) atoms. The first-order valence-corrected chi connectivity index (χ1v) is 7.14. The third-order valence-electron chi connectivity index (χ3n) is 3.64. The predicted octanol–water partition coefficient (Wildman–Crippen LogP) is 1.73. The fourth-order valence-corrected chi connectivity index (χ4v) is 2.59. The molecule has 3 rings (SSSR count). The Morgan fingerprint density at radius 1 is 1.25 bits per heavy atom. The van der Waals surface area contributed by atoms with Crippen LogP contribution in [0.25, 0.3) is 0 Å². The van der Waals surface area contributed by atoms with Gasteiger partial charge in [-0.2, -0.15) is 0 Å². The van der Waals surface area contributed by atoms with Crippen molar-refractivity contribution in [2.75, 3.05) is 33.5 Å². The topological polar surface area (TPSA) is 49.0 Å². The van der Waals surface area contributed by atoms with Crippen LogP contribution >= 0.6 is 0 Å². The van der Waals surface area contributed by atoms with E-state index < -0.39 is 0 Å². The lowest BCUT2D eigenvalue weighted by molar-refractivity contribution is 0.0699. The van der Waals surface area contributed by atoms with E-state index in [1.54, 1.807) is 7.11 Å². The molecule has 0 spiro atoms. The van der Waals surface area contributed by atoms with Crippen molar-refractivity contribution < 1.29 is 18.9 Å². The van der Waals surface area contributed by atoms with Crippen LogP contribution in [0.5, 0.6) is 17.2 Å². The number of rotatable bonds is 4. The lowest BCUT2D eigenvalue weighted by atomic mass is 10.1. The summed E-state index contributed by atoms with van der Waals surface area (Å²) < 4.78 is 22.1.